The van der Waals surface area contributed by atoms with Gasteiger partial charge in [0.15, 0.2) is 6.10 Å². The molecule has 7 atom stereocenters. The fraction of sp³-hybridized carbons (Fsp3) is 0.750. The van der Waals surface area contributed by atoms with Crippen molar-refractivity contribution in [2.45, 2.75) is 173 Å². The van der Waals surface area contributed by atoms with Gasteiger partial charge in [-0.15, -0.1) is 0 Å². The second-order valence-corrected chi connectivity index (χ2v) is 18.5. The summed E-state index contributed by atoms with van der Waals surface area (Å²) in [6.07, 6.45) is 27.6. The minimum atomic E-state index is -4.90. The zero-order chi connectivity index (χ0) is 46.1. The molecule has 0 aliphatic heterocycles. The van der Waals surface area contributed by atoms with E-state index in [9.17, 15) is 43.7 Å². The highest BCUT2D eigenvalue weighted by molar-refractivity contribution is 7.47. The lowest BCUT2D eigenvalue weighted by molar-refractivity contribution is -0.161. The predicted molar refractivity (Wildman–Crippen MR) is 235 cm³/mol. The number of ether oxygens (including phenoxy) is 2. The third kappa shape index (κ3) is 31.5. The Kier molecular flexibility index (Phi) is 32.6. The zero-order valence-corrected chi connectivity index (χ0v) is 38.7. The number of carbonyl (C=O) groups is 3. The summed E-state index contributed by atoms with van der Waals surface area (Å²) in [5, 5.41) is 30.5. The Balaban J connectivity index is 2.58. The van der Waals surface area contributed by atoms with Crippen LogP contribution in [-0.4, -0.2) is 98.6 Å². The maximum atomic E-state index is 12.7. The topological polar surface area (TPSA) is 253 Å². The molecule has 0 amide bonds. The number of rotatable bonds is 38. The van der Waals surface area contributed by atoms with Crippen LogP contribution in [0.5, 0.6) is 0 Å². The first-order valence-electron chi connectivity index (χ1n) is 22.5. The number of phosphoric acid groups is 2. The lowest BCUT2D eigenvalue weighted by Crippen LogP contribution is -2.30. The Morgan fingerprint density at radius 3 is 1.97 bits per heavy atom. The highest BCUT2D eigenvalue weighted by Crippen LogP contribution is 2.44. The van der Waals surface area contributed by atoms with Crippen LogP contribution in [0.4, 0.5) is 0 Å². The van der Waals surface area contributed by atoms with E-state index >= 15 is 0 Å². The second-order valence-electron chi connectivity index (χ2n) is 15.8. The van der Waals surface area contributed by atoms with Gasteiger partial charge in [0.2, 0.25) is 0 Å². The molecule has 0 aromatic carbocycles. The summed E-state index contributed by atoms with van der Waals surface area (Å²) in [5.41, 5.74) is 0. The number of hydrogen-bond donors (Lipinski definition) is 6. The average Bonchev–Trinajstić information content (AvgIpc) is 3.49. The van der Waals surface area contributed by atoms with Crippen molar-refractivity contribution in [1.29, 1.82) is 0 Å². The van der Waals surface area contributed by atoms with Crippen LogP contribution in [0.3, 0.4) is 0 Å². The van der Waals surface area contributed by atoms with Crippen molar-refractivity contribution in [1.82, 2.24) is 0 Å². The number of allylic oxidation sites excluding steroid dienone is 7. The van der Waals surface area contributed by atoms with E-state index in [1.807, 2.05) is 12.2 Å². The monoisotopic (exact) mass is 922 g/mol. The van der Waals surface area contributed by atoms with Gasteiger partial charge in [-0.05, 0) is 57.8 Å². The molecule has 1 fully saturated rings. The smallest absolute Gasteiger partial charge is 0.462 e. The Morgan fingerprint density at radius 1 is 0.710 bits per heavy atom. The van der Waals surface area contributed by atoms with Crippen LogP contribution in [0.1, 0.15) is 149 Å². The van der Waals surface area contributed by atoms with Crippen molar-refractivity contribution in [3.8, 4) is 0 Å². The molecule has 6 N–H and O–H groups in total. The summed E-state index contributed by atoms with van der Waals surface area (Å²) in [6.45, 7) is 1.31. The first-order chi connectivity index (χ1) is 29.6. The van der Waals surface area contributed by atoms with Crippen molar-refractivity contribution < 1.29 is 76.6 Å². The van der Waals surface area contributed by atoms with E-state index in [2.05, 4.69) is 47.2 Å². The molecule has 0 radical (unpaired) electrons. The van der Waals surface area contributed by atoms with Gasteiger partial charge in [0.05, 0.1) is 32.0 Å². The molecular weight excluding hydrogens is 846 g/mol. The van der Waals surface area contributed by atoms with Crippen LogP contribution in [0.2, 0.25) is 0 Å². The molecule has 0 saturated heterocycles. The van der Waals surface area contributed by atoms with Gasteiger partial charge < -0.3 is 39.5 Å². The second kappa shape index (κ2) is 35.0. The maximum Gasteiger partial charge on any atom is 0.472 e. The Morgan fingerprint density at radius 2 is 1.29 bits per heavy atom. The van der Waals surface area contributed by atoms with Gasteiger partial charge >= 0.3 is 27.6 Å². The van der Waals surface area contributed by atoms with Crippen LogP contribution < -0.4 is 0 Å². The standard InChI is InChI=1S/C44H76O16P2/c1-3-5-7-8-9-10-11-12-13-14-15-16-17-18-24-28-44(50)60-38(35-59-62(54,55)58-33-37(46)32-57-61(51,52)53)34-56-43(49)27-23-20-19-22-26-39-40(42(48)31-41(39)47)30-29-36(45)25-21-6-4-2/h10-13,19,22,29-30,36-41,45-47H,3-9,14-18,20-21,23-28,31-35H2,1-2H3,(H,54,55)(H2,51,52,53)/b11-10-,13-12-,22-19-,30-29+/t36-,37-,38+,39+,40+,41-/m0/s1. The Labute approximate surface area is 369 Å². The molecule has 16 nitrogen and oxygen atoms in total. The summed E-state index contributed by atoms with van der Waals surface area (Å²) in [4.78, 5) is 65.4. The highest BCUT2D eigenvalue weighted by Gasteiger charge is 2.39. The average molecular weight is 923 g/mol. The lowest BCUT2D eigenvalue weighted by Gasteiger charge is -2.20. The number of carbonyl (C=O) groups excluding carboxylic acids is 3. The Bertz CT molecular complexity index is 1440. The number of esters is 2. The molecule has 1 rings (SSSR count). The van der Waals surface area contributed by atoms with E-state index in [1.165, 1.54) is 25.7 Å². The number of hydrogen-bond acceptors (Lipinski definition) is 13. The molecule has 1 unspecified atom stereocenters. The van der Waals surface area contributed by atoms with Gasteiger partial charge in [-0.2, -0.15) is 0 Å². The van der Waals surface area contributed by atoms with Gasteiger partial charge in [0.25, 0.3) is 0 Å². The van der Waals surface area contributed by atoms with Gasteiger partial charge in [0.1, 0.15) is 18.5 Å². The quantitative estimate of drug-likeness (QED) is 0.0113. The predicted octanol–water partition coefficient (Wildman–Crippen LogP) is 8.04. The number of unbranched alkanes of at least 4 members (excludes halogenated alkanes) is 12. The minimum absolute atomic E-state index is 0.000519. The molecule has 18 heteroatoms. The molecule has 1 aliphatic rings. The van der Waals surface area contributed by atoms with Crippen LogP contribution in [0.15, 0.2) is 48.6 Å². The summed E-state index contributed by atoms with van der Waals surface area (Å²) < 4.78 is 47.7. The van der Waals surface area contributed by atoms with Crippen molar-refractivity contribution in [2.24, 2.45) is 11.8 Å². The van der Waals surface area contributed by atoms with E-state index in [-0.39, 0.29) is 31.0 Å². The largest absolute Gasteiger partial charge is 0.472 e. The number of aliphatic hydroxyl groups excluding tert-OH is 3. The van der Waals surface area contributed by atoms with Crippen LogP contribution in [0, 0.1) is 11.8 Å². The molecular formula is C44H76O16P2. The number of phosphoric ester groups is 2. The zero-order valence-electron chi connectivity index (χ0n) is 36.9. The van der Waals surface area contributed by atoms with Crippen molar-refractivity contribution >= 4 is 33.4 Å². The fourth-order valence-electron chi connectivity index (χ4n) is 6.55. The van der Waals surface area contributed by atoms with Crippen LogP contribution in [-0.2, 0) is 46.6 Å². The van der Waals surface area contributed by atoms with Gasteiger partial charge in [0, 0.05) is 31.1 Å². The molecule has 1 aliphatic carbocycles. The first-order valence-corrected chi connectivity index (χ1v) is 25.5. The number of ketones is 1. The molecule has 0 heterocycles. The molecule has 62 heavy (non-hydrogen) atoms. The van der Waals surface area contributed by atoms with E-state index < -0.39 is 84.3 Å². The SMILES string of the molecule is CCCCCC/C=C\C=C/CCCCCCCC(=O)O[C@H](COC(=O)CCC/C=C\C[C@H]1[C@@H](O)CC(=O)[C@@H]1/C=C/[C@@H](O)CCCCC)COP(=O)(O)OC[C@@H](O)COP(=O)(O)O. The van der Waals surface area contributed by atoms with E-state index in [0.29, 0.717) is 32.1 Å². The minimum Gasteiger partial charge on any atom is -0.462 e. The molecule has 0 aromatic rings. The molecule has 0 bridgehead atoms. The van der Waals surface area contributed by atoms with Gasteiger partial charge in [-0.25, -0.2) is 9.13 Å². The summed E-state index contributed by atoms with van der Waals surface area (Å²) in [5.74, 6) is -2.11. The van der Waals surface area contributed by atoms with Gasteiger partial charge in [-0.3, -0.25) is 28.0 Å². The van der Waals surface area contributed by atoms with E-state index in [1.54, 1.807) is 12.2 Å². The summed E-state index contributed by atoms with van der Waals surface area (Å²) >= 11 is 0. The number of Topliss-reactive ketones (excluding diaryl/α,β-unsaturated/α-hetero) is 1. The van der Waals surface area contributed by atoms with Gasteiger partial charge in [-0.1, -0.05) is 120 Å². The third-order valence-electron chi connectivity index (χ3n) is 10.1. The number of aliphatic hydroxyl groups is 3. The summed E-state index contributed by atoms with van der Waals surface area (Å²) in [6, 6.07) is 0. The lowest BCUT2D eigenvalue weighted by atomic mass is 9.90. The first kappa shape index (κ1) is 57.7. The Hall–Kier alpha value is -2.33. The highest BCUT2D eigenvalue weighted by atomic mass is 31.2. The maximum absolute atomic E-state index is 12.7. The third-order valence-corrected chi connectivity index (χ3v) is 11.5. The van der Waals surface area contributed by atoms with Crippen molar-refractivity contribution in [3.05, 3.63) is 48.6 Å². The van der Waals surface area contributed by atoms with Crippen LogP contribution >= 0.6 is 15.6 Å². The molecule has 0 aromatic heterocycles. The van der Waals surface area contributed by atoms with Crippen LogP contribution in [0.25, 0.3) is 0 Å². The van der Waals surface area contributed by atoms with E-state index in [4.69, 9.17) is 23.8 Å². The van der Waals surface area contributed by atoms with Crippen molar-refractivity contribution in [3.63, 3.8) is 0 Å². The molecule has 358 valence electrons. The van der Waals surface area contributed by atoms with E-state index in [0.717, 1.165) is 57.8 Å². The summed E-state index contributed by atoms with van der Waals surface area (Å²) in [7, 11) is -9.78. The fourth-order valence-corrected chi connectivity index (χ4v) is 7.71. The molecule has 0 spiro atoms. The van der Waals surface area contributed by atoms with Crippen molar-refractivity contribution in [2.75, 3.05) is 26.4 Å². The normalized spacial score (nSPS) is 19.8. The molecule has 1 saturated carbocycles.